The van der Waals surface area contributed by atoms with E-state index in [-0.39, 0.29) is 18.9 Å². The van der Waals surface area contributed by atoms with Crippen LogP contribution in [-0.2, 0) is 4.79 Å². The minimum Gasteiger partial charge on any atom is -0.481 e. The Morgan fingerprint density at radius 2 is 1.96 bits per heavy atom. The molecular weight excluding hydrogens is 296 g/mol. The minimum absolute atomic E-state index is 0.0671. The van der Waals surface area contributed by atoms with Gasteiger partial charge in [0.05, 0.1) is 17.8 Å². The van der Waals surface area contributed by atoms with Gasteiger partial charge in [-0.3, -0.25) is 10.1 Å². The molecule has 2 aromatic rings. The molecule has 1 aromatic carbocycles. The number of hydrogen-bond acceptors (Lipinski definition) is 3. The Morgan fingerprint density at radius 3 is 2.57 bits per heavy atom. The van der Waals surface area contributed by atoms with Crippen molar-refractivity contribution in [2.24, 2.45) is 0 Å². The summed E-state index contributed by atoms with van der Waals surface area (Å²) in [7, 11) is 0. The number of carboxylic acids is 1. The van der Waals surface area contributed by atoms with E-state index in [9.17, 15) is 9.59 Å². The second kappa shape index (κ2) is 7.44. The number of urea groups is 1. The lowest BCUT2D eigenvalue weighted by Gasteiger charge is -2.09. The number of rotatable bonds is 6. The molecule has 0 saturated carbocycles. The SMILES string of the molecule is CC(C)c1cc(NC(=O)NCCC(=O)O)n(-c2ccccc2)n1. The molecular formula is C16H20N4O3. The van der Waals surface area contributed by atoms with Gasteiger partial charge in [0.2, 0.25) is 0 Å². The summed E-state index contributed by atoms with van der Waals surface area (Å²) >= 11 is 0. The molecule has 23 heavy (non-hydrogen) atoms. The summed E-state index contributed by atoms with van der Waals surface area (Å²) in [4.78, 5) is 22.4. The minimum atomic E-state index is -0.957. The van der Waals surface area contributed by atoms with E-state index in [0.29, 0.717) is 5.82 Å². The second-order valence-corrected chi connectivity index (χ2v) is 5.38. The van der Waals surface area contributed by atoms with Crippen molar-refractivity contribution in [1.29, 1.82) is 0 Å². The molecule has 0 saturated heterocycles. The molecule has 0 unspecified atom stereocenters. The molecule has 0 fully saturated rings. The summed E-state index contributed by atoms with van der Waals surface area (Å²) in [5, 5.41) is 18.3. The average Bonchev–Trinajstić information content (AvgIpc) is 2.92. The highest BCUT2D eigenvalue weighted by Gasteiger charge is 2.14. The van der Waals surface area contributed by atoms with Crippen LogP contribution in [0, 0.1) is 0 Å². The first-order chi connectivity index (χ1) is 11.0. The molecule has 7 nitrogen and oxygen atoms in total. The normalized spacial score (nSPS) is 10.6. The number of carbonyl (C=O) groups is 2. The van der Waals surface area contributed by atoms with E-state index in [1.807, 2.05) is 50.2 Å². The van der Waals surface area contributed by atoms with E-state index < -0.39 is 12.0 Å². The summed E-state index contributed by atoms with van der Waals surface area (Å²) in [5.74, 6) is -0.204. The van der Waals surface area contributed by atoms with Gasteiger partial charge in [-0.25, -0.2) is 9.48 Å². The zero-order valence-corrected chi connectivity index (χ0v) is 13.1. The number of amides is 2. The van der Waals surface area contributed by atoms with Crippen molar-refractivity contribution < 1.29 is 14.7 Å². The number of carboxylic acid groups (broad SMARTS) is 1. The van der Waals surface area contributed by atoms with Gasteiger partial charge >= 0.3 is 12.0 Å². The van der Waals surface area contributed by atoms with E-state index in [0.717, 1.165) is 11.4 Å². The van der Waals surface area contributed by atoms with Crippen LogP contribution in [0.5, 0.6) is 0 Å². The number of hydrogen-bond donors (Lipinski definition) is 3. The molecule has 1 aromatic heterocycles. The van der Waals surface area contributed by atoms with Crippen molar-refractivity contribution in [1.82, 2.24) is 15.1 Å². The van der Waals surface area contributed by atoms with Crippen LogP contribution < -0.4 is 10.6 Å². The molecule has 7 heteroatoms. The van der Waals surface area contributed by atoms with Gasteiger partial charge in [0.25, 0.3) is 0 Å². The molecule has 0 radical (unpaired) electrons. The molecule has 3 N–H and O–H groups in total. The second-order valence-electron chi connectivity index (χ2n) is 5.38. The van der Waals surface area contributed by atoms with Crippen LogP contribution in [0.2, 0.25) is 0 Å². The lowest BCUT2D eigenvalue weighted by molar-refractivity contribution is -0.136. The summed E-state index contributed by atoms with van der Waals surface area (Å²) < 4.78 is 1.66. The first-order valence-corrected chi connectivity index (χ1v) is 7.39. The third kappa shape index (κ3) is 4.57. The van der Waals surface area contributed by atoms with Crippen LogP contribution in [0.3, 0.4) is 0 Å². The van der Waals surface area contributed by atoms with Crippen molar-refractivity contribution in [3.05, 3.63) is 42.1 Å². The predicted octanol–water partition coefficient (Wildman–Crippen LogP) is 2.59. The highest BCUT2D eigenvalue weighted by molar-refractivity contribution is 5.89. The number of anilines is 1. The standard InChI is InChI=1S/C16H20N4O3/c1-11(2)13-10-14(18-16(23)17-9-8-15(21)22)20(19-13)12-6-4-3-5-7-12/h3-7,10-11H,8-9H2,1-2H3,(H,21,22)(H2,17,18,23). The van der Waals surface area contributed by atoms with Crippen LogP contribution >= 0.6 is 0 Å². The maximum absolute atomic E-state index is 11.9. The molecule has 122 valence electrons. The molecule has 0 aliphatic carbocycles. The molecule has 0 aliphatic rings. The third-order valence-corrected chi connectivity index (χ3v) is 3.19. The van der Waals surface area contributed by atoms with Gasteiger partial charge in [-0.1, -0.05) is 32.0 Å². The van der Waals surface area contributed by atoms with Crippen LogP contribution in [0.4, 0.5) is 10.6 Å². The maximum Gasteiger partial charge on any atom is 0.320 e. The molecule has 0 bridgehead atoms. The first kappa shape index (κ1) is 16.5. The molecule has 0 spiro atoms. The number of nitrogens with zero attached hydrogens (tertiary/aromatic N) is 2. The van der Waals surface area contributed by atoms with E-state index in [1.165, 1.54) is 0 Å². The topological polar surface area (TPSA) is 96.3 Å². The van der Waals surface area contributed by atoms with E-state index in [2.05, 4.69) is 15.7 Å². The highest BCUT2D eigenvalue weighted by atomic mass is 16.4. The van der Waals surface area contributed by atoms with Gasteiger partial charge in [0.15, 0.2) is 0 Å². The molecule has 0 aliphatic heterocycles. The summed E-state index contributed by atoms with van der Waals surface area (Å²) in [5.41, 5.74) is 1.69. The van der Waals surface area contributed by atoms with Gasteiger partial charge in [-0.2, -0.15) is 5.10 Å². The van der Waals surface area contributed by atoms with E-state index in [1.54, 1.807) is 4.68 Å². The number of nitrogens with one attached hydrogen (secondary N) is 2. The number of para-hydroxylation sites is 1. The zero-order valence-electron chi connectivity index (χ0n) is 13.1. The Hall–Kier alpha value is -2.83. The molecule has 1 heterocycles. The number of aliphatic carboxylic acids is 1. The largest absolute Gasteiger partial charge is 0.481 e. The van der Waals surface area contributed by atoms with E-state index in [4.69, 9.17) is 5.11 Å². The van der Waals surface area contributed by atoms with Crippen molar-refractivity contribution in [3.8, 4) is 5.69 Å². The first-order valence-electron chi connectivity index (χ1n) is 7.39. The Kier molecular flexibility index (Phi) is 5.35. The molecule has 2 rings (SSSR count). The summed E-state index contributed by atoms with van der Waals surface area (Å²) in [6, 6.07) is 10.8. The fourth-order valence-corrected chi connectivity index (χ4v) is 1.98. The van der Waals surface area contributed by atoms with Gasteiger partial charge in [-0.15, -0.1) is 0 Å². The van der Waals surface area contributed by atoms with Crippen molar-refractivity contribution in [2.45, 2.75) is 26.2 Å². The lowest BCUT2D eigenvalue weighted by Crippen LogP contribution is -2.31. The van der Waals surface area contributed by atoms with Crippen molar-refractivity contribution >= 4 is 17.8 Å². The Balaban J connectivity index is 2.17. The summed E-state index contributed by atoms with van der Waals surface area (Å²) in [6.07, 6.45) is -0.122. The van der Waals surface area contributed by atoms with Gasteiger partial charge < -0.3 is 10.4 Å². The quantitative estimate of drug-likeness (QED) is 0.763. The zero-order chi connectivity index (χ0) is 16.8. The van der Waals surface area contributed by atoms with Crippen LogP contribution in [0.1, 0.15) is 31.9 Å². The van der Waals surface area contributed by atoms with Gasteiger partial charge in [-0.05, 0) is 18.1 Å². The smallest absolute Gasteiger partial charge is 0.320 e. The maximum atomic E-state index is 11.9. The van der Waals surface area contributed by atoms with Gasteiger partial charge in [0.1, 0.15) is 5.82 Å². The fraction of sp³-hybridized carbons (Fsp3) is 0.312. The average molecular weight is 316 g/mol. The molecule has 0 atom stereocenters. The highest BCUT2D eigenvalue weighted by Crippen LogP contribution is 2.21. The number of carbonyl (C=O) groups excluding carboxylic acids is 1. The van der Waals surface area contributed by atoms with Crippen LogP contribution in [-0.4, -0.2) is 33.4 Å². The Labute approximate surface area is 134 Å². The predicted molar refractivity (Wildman–Crippen MR) is 86.9 cm³/mol. The van der Waals surface area contributed by atoms with Gasteiger partial charge in [0, 0.05) is 12.6 Å². The van der Waals surface area contributed by atoms with Crippen molar-refractivity contribution in [2.75, 3.05) is 11.9 Å². The number of benzene rings is 1. The van der Waals surface area contributed by atoms with Crippen LogP contribution in [0.15, 0.2) is 36.4 Å². The Morgan fingerprint density at radius 1 is 1.26 bits per heavy atom. The van der Waals surface area contributed by atoms with Crippen LogP contribution in [0.25, 0.3) is 5.69 Å². The van der Waals surface area contributed by atoms with Crippen molar-refractivity contribution in [3.63, 3.8) is 0 Å². The fourth-order valence-electron chi connectivity index (χ4n) is 1.98. The monoisotopic (exact) mass is 316 g/mol. The third-order valence-electron chi connectivity index (χ3n) is 3.19. The lowest BCUT2D eigenvalue weighted by atomic mass is 10.1. The summed E-state index contributed by atoms with van der Waals surface area (Å²) in [6.45, 7) is 4.11. The Bertz CT molecular complexity index is 680. The number of aromatic nitrogens is 2. The van der Waals surface area contributed by atoms with E-state index >= 15 is 0 Å². The molecule has 2 amide bonds.